The lowest BCUT2D eigenvalue weighted by Crippen LogP contribution is -2.17. The highest BCUT2D eigenvalue weighted by Gasteiger charge is 2.24. The molecule has 0 unspecified atom stereocenters. The molecule has 5 heteroatoms. The van der Waals surface area contributed by atoms with E-state index >= 15 is 0 Å². The molecule has 0 radical (unpaired) electrons. The van der Waals surface area contributed by atoms with E-state index in [9.17, 15) is 9.59 Å². The van der Waals surface area contributed by atoms with E-state index in [4.69, 9.17) is 0 Å². The summed E-state index contributed by atoms with van der Waals surface area (Å²) < 4.78 is 0. The zero-order valence-corrected chi connectivity index (χ0v) is 10.5. The van der Waals surface area contributed by atoms with Crippen molar-refractivity contribution in [1.82, 2.24) is 4.90 Å². The van der Waals surface area contributed by atoms with Crippen molar-refractivity contribution in [1.29, 1.82) is 0 Å². The maximum absolute atomic E-state index is 11.8. The van der Waals surface area contributed by atoms with Crippen molar-refractivity contribution in [3.05, 3.63) is 29.3 Å². The predicted molar refractivity (Wildman–Crippen MR) is 69.3 cm³/mol. The molecular weight excluding hydrogens is 236 g/mol. The number of carbonyl (C=O) groups excluding carboxylic acids is 2. The fourth-order valence-electron chi connectivity index (χ4n) is 1.85. The molecule has 0 saturated heterocycles. The molecule has 0 atom stereocenters. The number of carbonyl (C=O) groups is 2. The van der Waals surface area contributed by atoms with Gasteiger partial charge in [0.1, 0.15) is 0 Å². The second-order valence-electron chi connectivity index (χ2n) is 4.05. The van der Waals surface area contributed by atoms with Gasteiger partial charge in [-0.2, -0.15) is 12.6 Å². The van der Waals surface area contributed by atoms with Crippen molar-refractivity contribution in [3.8, 4) is 0 Å². The van der Waals surface area contributed by atoms with Crippen LogP contribution in [0, 0.1) is 0 Å². The summed E-state index contributed by atoms with van der Waals surface area (Å²) in [6.07, 6.45) is 0.369. The molecule has 1 aliphatic heterocycles. The molecule has 90 valence electrons. The molecule has 2 amide bonds. The Hall–Kier alpha value is -1.49. The number of fused-ring (bicyclic) bond motifs is 1. The molecule has 0 aromatic heterocycles. The van der Waals surface area contributed by atoms with Crippen LogP contribution in [-0.4, -0.2) is 29.5 Å². The number of thiol groups is 1. The largest absolute Gasteiger partial charge is 0.337 e. The zero-order valence-electron chi connectivity index (χ0n) is 9.56. The van der Waals surface area contributed by atoms with E-state index in [-0.39, 0.29) is 11.8 Å². The standard InChI is InChI=1S/C12H14N2O2S/c1-14-7-8-2-3-9(6-10(8)12(14)16)13-11(15)4-5-17/h2-3,6,17H,4-5,7H2,1H3,(H,13,15). The molecule has 0 aliphatic carbocycles. The zero-order chi connectivity index (χ0) is 12.4. The number of nitrogens with zero attached hydrogens (tertiary/aromatic N) is 1. The highest BCUT2D eigenvalue weighted by atomic mass is 32.1. The third kappa shape index (κ3) is 2.44. The van der Waals surface area contributed by atoms with E-state index < -0.39 is 0 Å². The Labute approximate surface area is 105 Å². The number of nitrogens with one attached hydrogen (secondary N) is 1. The molecule has 0 saturated carbocycles. The van der Waals surface area contributed by atoms with Gasteiger partial charge in [-0.05, 0) is 23.4 Å². The average molecular weight is 250 g/mol. The Balaban J connectivity index is 2.18. The normalized spacial score (nSPS) is 13.8. The van der Waals surface area contributed by atoms with E-state index in [2.05, 4.69) is 17.9 Å². The SMILES string of the molecule is CN1Cc2ccc(NC(=O)CCS)cc2C1=O. The van der Waals surface area contributed by atoms with Gasteiger partial charge in [-0.1, -0.05) is 6.07 Å². The van der Waals surface area contributed by atoms with Gasteiger partial charge in [0, 0.05) is 31.3 Å². The van der Waals surface area contributed by atoms with Crippen LogP contribution >= 0.6 is 12.6 Å². The van der Waals surface area contributed by atoms with Crippen LogP contribution in [-0.2, 0) is 11.3 Å². The maximum Gasteiger partial charge on any atom is 0.254 e. The molecule has 1 N–H and O–H groups in total. The molecule has 1 heterocycles. The molecule has 1 aromatic rings. The van der Waals surface area contributed by atoms with Gasteiger partial charge in [0.05, 0.1) is 0 Å². The Morgan fingerprint density at radius 1 is 1.53 bits per heavy atom. The molecule has 17 heavy (non-hydrogen) atoms. The minimum atomic E-state index is -0.0845. The first-order valence-electron chi connectivity index (χ1n) is 5.41. The van der Waals surface area contributed by atoms with E-state index in [0.717, 1.165) is 5.56 Å². The van der Waals surface area contributed by atoms with Gasteiger partial charge in [0.15, 0.2) is 0 Å². The third-order valence-corrected chi connectivity index (χ3v) is 2.94. The summed E-state index contributed by atoms with van der Waals surface area (Å²) in [6, 6.07) is 5.44. The summed E-state index contributed by atoms with van der Waals surface area (Å²) in [5.41, 5.74) is 2.35. The smallest absolute Gasteiger partial charge is 0.254 e. The van der Waals surface area contributed by atoms with Crippen molar-refractivity contribution in [2.24, 2.45) is 0 Å². The highest BCUT2D eigenvalue weighted by Crippen LogP contribution is 2.24. The molecule has 0 bridgehead atoms. The molecular formula is C12H14N2O2S. The lowest BCUT2D eigenvalue weighted by Gasteiger charge is -2.05. The second kappa shape index (κ2) is 4.79. The average Bonchev–Trinajstić information content (AvgIpc) is 2.56. The van der Waals surface area contributed by atoms with E-state index in [1.54, 1.807) is 18.0 Å². The molecule has 4 nitrogen and oxygen atoms in total. The van der Waals surface area contributed by atoms with Gasteiger partial charge in [0.2, 0.25) is 5.91 Å². The van der Waals surface area contributed by atoms with Crippen molar-refractivity contribution in [2.75, 3.05) is 18.1 Å². The van der Waals surface area contributed by atoms with Gasteiger partial charge in [0.25, 0.3) is 5.91 Å². The van der Waals surface area contributed by atoms with Crippen LogP contribution in [0.2, 0.25) is 0 Å². The number of hydrogen-bond acceptors (Lipinski definition) is 3. The summed E-state index contributed by atoms with van der Waals surface area (Å²) in [7, 11) is 1.77. The summed E-state index contributed by atoms with van der Waals surface area (Å²) in [5, 5.41) is 2.75. The van der Waals surface area contributed by atoms with Crippen molar-refractivity contribution in [3.63, 3.8) is 0 Å². The second-order valence-corrected chi connectivity index (χ2v) is 4.50. The first-order chi connectivity index (χ1) is 8.11. The monoisotopic (exact) mass is 250 g/mol. The number of benzene rings is 1. The topological polar surface area (TPSA) is 49.4 Å². The first kappa shape index (κ1) is 12.0. The van der Waals surface area contributed by atoms with Crippen LogP contribution in [0.15, 0.2) is 18.2 Å². The number of amides is 2. The van der Waals surface area contributed by atoms with Crippen LogP contribution in [0.25, 0.3) is 0 Å². The fraction of sp³-hybridized carbons (Fsp3) is 0.333. The summed E-state index contributed by atoms with van der Waals surface area (Å²) in [6.45, 7) is 0.638. The lowest BCUT2D eigenvalue weighted by molar-refractivity contribution is -0.115. The minimum absolute atomic E-state index is 0.00490. The molecule has 1 aromatic carbocycles. The molecule has 2 rings (SSSR count). The first-order valence-corrected chi connectivity index (χ1v) is 6.04. The van der Waals surface area contributed by atoms with Gasteiger partial charge >= 0.3 is 0 Å². The van der Waals surface area contributed by atoms with Crippen LogP contribution < -0.4 is 5.32 Å². The summed E-state index contributed by atoms with van der Waals surface area (Å²) in [5.74, 6) is 0.433. The number of rotatable bonds is 3. The third-order valence-electron chi connectivity index (χ3n) is 2.72. The van der Waals surface area contributed by atoms with Crippen molar-refractivity contribution >= 4 is 30.1 Å². The Bertz CT molecular complexity index is 474. The number of anilines is 1. The van der Waals surface area contributed by atoms with Crippen LogP contribution in [0.1, 0.15) is 22.3 Å². The minimum Gasteiger partial charge on any atom is -0.337 e. The van der Waals surface area contributed by atoms with Gasteiger partial charge in [-0.3, -0.25) is 9.59 Å². The molecule has 0 fully saturated rings. The Morgan fingerprint density at radius 3 is 3.00 bits per heavy atom. The predicted octanol–water partition coefficient (Wildman–Crippen LogP) is 1.53. The van der Waals surface area contributed by atoms with Crippen LogP contribution in [0.3, 0.4) is 0 Å². The van der Waals surface area contributed by atoms with Gasteiger partial charge < -0.3 is 10.2 Å². The van der Waals surface area contributed by atoms with Gasteiger partial charge in [-0.15, -0.1) is 0 Å². The number of hydrogen-bond donors (Lipinski definition) is 2. The van der Waals surface area contributed by atoms with Crippen LogP contribution in [0.5, 0.6) is 0 Å². The highest BCUT2D eigenvalue weighted by molar-refractivity contribution is 7.80. The van der Waals surface area contributed by atoms with E-state index in [0.29, 0.717) is 30.0 Å². The van der Waals surface area contributed by atoms with E-state index in [1.165, 1.54) is 0 Å². The maximum atomic E-state index is 11.8. The molecule has 0 spiro atoms. The fourth-order valence-corrected chi connectivity index (χ4v) is 2.05. The van der Waals surface area contributed by atoms with Crippen molar-refractivity contribution < 1.29 is 9.59 Å². The summed E-state index contributed by atoms with van der Waals surface area (Å²) in [4.78, 5) is 24.8. The van der Waals surface area contributed by atoms with Crippen molar-refractivity contribution in [2.45, 2.75) is 13.0 Å². The molecule has 1 aliphatic rings. The quantitative estimate of drug-likeness (QED) is 0.799. The Morgan fingerprint density at radius 2 is 2.29 bits per heavy atom. The van der Waals surface area contributed by atoms with Gasteiger partial charge in [-0.25, -0.2) is 0 Å². The lowest BCUT2D eigenvalue weighted by atomic mass is 10.1. The summed E-state index contributed by atoms with van der Waals surface area (Å²) >= 11 is 4.00. The van der Waals surface area contributed by atoms with Crippen LogP contribution in [0.4, 0.5) is 5.69 Å². The van der Waals surface area contributed by atoms with E-state index in [1.807, 2.05) is 12.1 Å². The Kier molecular flexibility index (Phi) is 3.38.